The Balaban J connectivity index is -0.00000121. The normalized spacial score (nSPS) is 13.3. The topological polar surface area (TPSA) is 118 Å². The van der Waals surface area contributed by atoms with Crippen LogP contribution in [0, 0.1) is 0 Å². The Hall–Kier alpha value is -0.384. The van der Waals surface area contributed by atoms with Gasteiger partial charge in [0.15, 0.2) is 0 Å². The zero-order valence-corrected chi connectivity index (χ0v) is 20.4. The molecule has 0 amide bonds. The quantitative estimate of drug-likeness (QED) is 0.136. The van der Waals surface area contributed by atoms with Crippen LogP contribution < -0.4 is 0 Å². The van der Waals surface area contributed by atoms with E-state index in [2.05, 4.69) is 13.8 Å². The first kappa shape index (κ1) is 30.8. The zero-order valence-electron chi connectivity index (χ0n) is 20.2. The number of ether oxygens (including phenoxy) is 1. The molecule has 0 aromatic rings. The Labute approximate surface area is 195 Å². The van der Waals surface area contributed by atoms with Crippen LogP contribution in [-0.2, 0) is 24.4 Å². The molecule has 7 nitrogen and oxygen atoms in total. The summed E-state index contributed by atoms with van der Waals surface area (Å²) in [4.78, 5) is 23.8. The maximum absolute atomic E-state index is 12.5. The van der Waals surface area contributed by atoms with Crippen molar-refractivity contribution in [1.29, 1.82) is 0 Å². The first-order valence-electron chi connectivity index (χ1n) is 10.6. The third-order valence-corrected chi connectivity index (χ3v) is 6.47. The fraction of sp³-hybridized carbons (Fsp3) is 0.900. The van der Waals surface area contributed by atoms with Gasteiger partial charge in [0, 0.05) is 0 Å². The van der Waals surface area contributed by atoms with E-state index in [4.69, 9.17) is 9.84 Å². The second kappa shape index (κ2) is 17.3. The fourth-order valence-corrected chi connectivity index (χ4v) is 4.18. The summed E-state index contributed by atoms with van der Waals surface area (Å²) in [5.74, 6) is -2.61. The molecule has 0 rings (SSSR count). The van der Waals surface area contributed by atoms with Crippen molar-refractivity contribution in [2.45, 2.75) is 108 Å². The number of esters is 1. The van der Waals surface area contributed by atoms with E-state index in [1.807, 2.05) is 0 Å². The van der Waals surface area contributed by atoms with E-state index >= 15 is 0 Å². The number of carboxylic acid groups (broad SMARTS) is 1. The molecule has 0 aromatic heterocycles. The minimum atomic E-state index is -4.93. The molecule has 0 aliphatic carbocycles. The average Bonchev–Trinajstić information content (AvgIpc) is 2.61. The molecule has 1 unspecified atom stereocenters. The van der Waals surface area contributed by atoms with Crippen LogP contribution in [0.5, 0.6) is 0 Å². The van der Waals surface area contributed by atoms with Crippen LogP contribution in [-0.4, -0.2) is 64.4 Å². The molecule has 1 atom stereocenters. The largest absolute Gasteiger partial charge is 2.00 e. The van der Waals surface area contributed by atoms with Gasteiger partial charge in [-0.15, -0.1) is 0 Å². The summed E-state index contributed by atoms with van der Waals surface area (Å²) in [6.45, 7) is 4.22. The third-order valence-electron chi connectivity index (χ3n) is 4.97. The van der Waals surface area contributed by atoms with Gasteiger partial charge in [0.2, 0.25) is 4.75 Å². The number of hydrogen-bond acceptors (Lipinski definition) is 5. The van der Waals surface area contributed by atoms with Crippen molar-refractivity contribution in [2.24, 2.45) is 0 Å². The molecule has 0 heterocycles. The molecule has 0 saturated carbocycles. The van der Waals surface area contributed by atoms with E-state index in [1.165, 1.54) is 0 Å². The number of carboxylic acids is 1. The molecule has 0 aliphatic heterocycles. The molecule has 9 heteroatoms. The summed E-state index contributed by atoms with van der Waals surface area (Å²) in [5, 5.41) is 9.14. The van der Waals surface area contributed by atoms with Crippen molar-refractivity contribution in [3.8, 4) is 0 Å². The molecule has 0 radical (unpaired) electrons. The summed E-state index contributed by atoms with van der Waals surface area (Å²) in [6.07, 6.45) is 9.56. The van der Waals surface area contributed by atoms with Gasteiger partial charge in [0.1, 0.15) is 0 Å². The molecule has 0 saturated heterocycles. The van der Waals surface area contributed by atoms with Gasteiger partial charge in [-0.1, -0.05) is 84.5 Å². The Morgan fingerprint density at radius 3 is 1.76 bits per heavy atom. The number of hydrogen-bond donors (Lipinski definition) is 2. The number of aliphatic carboxylic acids is 1. The van der Waals surface area contributed by atoms with Gasteiger partial charge in [0.25, 0.3) is 10.1 Å². The molecule has 29 heavy (non-hydrogen) atoms. The standard InChI is InChI=1S/C20H38O7S.Mg.2H/c1-3-5-7-9-11-13-15-20(17-18(21)22,28(24,25)26)19(23)27-16-14-12-10-8-6-4-2;;;/h3-17H2,1-2H3,(H,21,22)(H,24,25,26);;;/q;+2;2*-1. The van der Waals surface area contributed by atoms with Crippen LogP contribution in [0.25, 0.3) is 0 Å². The first-order valence-corrected chi connectivity index (χ1v) is 12.0. The van der Waals surface area contributed by atoms with E-state index in [-0.39, 0.29) is 38.9 Å². The molecular weight excluding hydrogens is 409 g/mol. The van der Waals surface area contributed by atoms with Crippen LogP contribution >= 0.6 is 0 Å². The number of rotatable bonds is 18. The summed E-state index contributed by atoms with van der Waals surface area (Å²) in [6, 6.07) is 0. The van der Waals surface area contributed by atoms with E-state index in [0.29, 0.717) is 19.3 Å². The number of unbranched alkanes of at least 4 members (excludes halogenated alkanes) is 10. The molecule has 0 bridgehead atoms. The minimum Gasteiger partial charge on any atom is -1.00 e. The molecular formula is C20H40MgO7S. The van der Waals surface area contributed by atoms with Crippen LogP contribution in [0.4, 0.5) is 0 Å². The van der Waals surface area contributed by atoms with Gasteiger partial charge >= 0.3 is 35.0 Å². The van der Waals surface area contributed by atoms with Crippen LogP contribution in [0.15, 0.2) is 0 Å². The molecule has 0 spiro atoms. The smallest absolute Gasteiger partial charge is 1.00 e. The van der Waals surface area contributed by atoms with Crippen molar-refractivity contribution in [3.63, 3.8) is 0 Å². The van der Waals surface area contributed by atoms with Crippen LogP contribution in [0.1, 0.15) is 107 Å². The van der Waals surface area contributed by atoms with Crippen molar-refractivity contribution in [2.75, 3.05) is 6.61 Å². The average molecular weight is 449 g/mol. The van der Waals surface area contributed by atoms with Crippen molar-refractivity contribution in [1.82, 2.24) is 0 Å². The Kier molecular flexibility index (Phi) is 18.4. The van der Waals surface area contributed by atoms with E-state index in [1.54, 1.807) is 0 Å². The summed E-state index contributed by atoms with van der Waals surface area (Å²) < 4.78 is 36.4. The number of carbonyl (C=O) groups is 2. The van der Waals surface area contributed by atoms with Gasteiger partial charge in [0.05, 0.1) is 13.0 Å². The monoisotopic (exact) mass is 448 g/mol. The predicted octanol–water partition coefficient (Wildman–Crippen LogP) is 4.59. The van der Waals surface area contributed by atoms with E-state index < -0.39 is 33.2 Å². The van der Waals surface area contributed by atoms with E-state index in [0.717, 1.165) is 57.8 Å². The number of carbonyl (C=O) groups excluding carboxylic acids is 1. The fourth-order valence-electron chi connectivity index (χ4n) is 3.20. The van der Waals surface area contributed by atoms with Crippen LogP contribution in [0.3, 0.4) is 0 Å². The Morgan fingerprint density at radius 1 is 0.862 bits per heavy atom. The predicted molar refractivity (Wildman–Crippen MR) is 117 cm³/mol. The maximum Gasteiger partial charge on any atom is 2.00 e. The van der Waals surface area contributed by atoms with Crippen LogP contribution in [0.2, 0.25) is 0 Å². The van der Waals surface area contributed by atoms with Crippen molar-refractivity contribution in [3.05, 3.63) is 0 Å². The van der Waals surface area contributed by atoms with Gasteiger partial charge in [-0.25, -0.2) is 0 Å². The van der Waals surface area contributed by atoms with Gasteiger partial charge < -0.3 is 12.7 Å². The summed E-state index contributed by atoms with van der Waals surface area (Å²) >= 11 is 0. The second-order valence-corrected chi connectivity index (χ2v) is 9.19. The minimum absolute atomic E-state index is 0. The Bertz CT molecular complexity index is 562. The molecule has 170 valence electrons. The summed E-state index contributed by atoms with van der Waals surface area (Å²) in [7, 11) is -4.93. The van der Waals surface area contributed by atoms with Crippen molar-refractivity contribution < 1.29 is 35.3 Å². The van der Waals surface area contributed by atoms with Gasteiger partial charge in [-0.2, -0.15) is 8.42 Å². The van der Waals surface area contributed by atoms with Gasteiger partial charge in [-0.05, 0) is 12.8 Å². The Morgan fingerprint density at radius 2 is 1.31 bits per heavy atom. The van der Waals surface area contributed by atoms with Gasteiger partial charge in [-0.3, -0.25) is 14.1 Å². The SMILES string of the molecule is CCCCCCCCOC(=O)C(CCCCCCCC)(CC(=O)O)S(=O)(=O)O.[H-].[H-].[Mg+2]. The van der Waals surface area contributed by atoms with E-state index in [9.17, 15) is 22.6 Å². The second-order valence-electron chi connectivity index (χ2n) is 7.46. The molecule has 2 N–H and O–H groups in total. The van der Waals surface area contributed by atoms with Crippen molar-refractivity contribution >= 4 is 45.1 Å². The molecule has 0 aliphatic rings. The zero-order chi connectivity index (χ0) is 21.5. The molecule has 0 fully saturated rings. The molecule has 0 aromatic carbocycles. The third kappa shape index (κ3) is 12.8. The maximum atomic E-state index is 12.5. The summed E-state index contributed by atoms with van der Waals surface area (Å²) in [5.41, 5.74) is 0. The first-order chi connectivity index (χ1) is 13.2.